The Balaban J connectivity index is 2.13. The normalized spacial score (nSPS) is 12.6. The van der Waals surface area contributed by atoms with Gasteiger partial charge < -0.3 is 5.32 Å². The highest BCUT2D eigenvalue weighted by Crippen LogP contribution is 2.15. The topological polar surface area (TPSA) is 53.6 Å². The van der Waals surface area contributed by atoms with Gasteiger partial charge in [0.05, 0.1) is 6.04 Å². The molecule has 1 heterocycles. The van der Waals surface area contributed by atoms with Crippen LogP contribution in [0.1, 0.15) is 29.9 Å². The summed E-state index contributed by atoms with van der Waals surface area (Å²) in [6.07, 6.45) is 2.47. The number of H-pyrrole nitrogens is 1. The third-order valence-corrected chi connectivity index (χ3v) is 2.74. The van der Waals surface area contributed by atoms with Gasteiger partial charge in [0.25, 0.3) is 0 Å². The van der Waals surface area contributed by atoms with Crippen LogP contribution in [0.2, 0.25) is 0 Å². The maximum absolute atomic E-state index is 4.22. The Morgan fingerprint density at radius 1 is 1.41 bits per heavy atom. The van der Waals surface area contributed by atoms with Gasteiger partial charge in [0, 0.05) is 0 Å². The Morgan fingerprint density at radius 3 is 2.94 bits per heavy atom. The summed E-state index contributed by atoms with van der Waals surface area (Å²) in [4.78, 5) is 4.22. The molecule has 4 heteroatoms. The van der Waals surface area contributed by atoms with Crippen LogP contribution in [0, 0.1) is 6.92 Å². The van der Waals surface area contributed by atoms with Crippen molar-refractivity contribution in [3.05, 3.63) is 47.5 Å². The molecule has 0 aliphatic carbocycles. The molecule has 90 valence electrons. The molecule has 2 rings (SSSR count). The van der Waals surface area contributed by atoms with E-state index in [1.54, 1.807) is 6.33 Å². The molecular weight excluding hydrogens is 212 g/mol. The van der Waals surface area contributed by atoms with Crippen LogP contribution in [0.25, 0.3) is 0 Å². The number of aromatic nitrogens is 3. The molecule has 0 aliphatic rings. The number of likely N-dealkylation sites (N-methyl/N-ethyl adjacent to an activating group) is 1. The second-order valence-electron chi connectivity index (χ2n) is 4.17. The van der Waals surface area contributed by atoms with E-state index in [4.69, 9.17) is 0 Å². The summed E-state index contributed by atoms with van der Waals surface area (Å²) in [7, 11) is 0. The highest BCUT2D eigenvalue weighted by Gasteiger charge is 2.13. The van der Waals surface area contributed by atoms with Crippen LogP contribution in [-0.4, -0.2) is 21.7 Å². The van der Waals surface area contributed by atoms with Crippen molar-refractivity contribution in [3.8, 4) is 0 Å². The average molecular weight is 230 g/mol. The lowest BCUT2D eigenvalue weighted by molar-refractivity contribution is 0.523. The van der Waals surface area contributed by atoms with Crippen LogP contribution in [-0.2, 0) is 6.42 Å². The summed E-state index contributed by atoms with van der Waals surface area (Å²) in [5.74, 6) is 0.897. The summed E-state index contributed by atoms with van der Waals surface area (Å²) in [6.45, 7) is 5.12. The fraction of sp³-hybridized carbons (Fsp3) is 0.385. The van der Waals surface area contributed by atoms with Crippen molar-refractivity contribution in [3.63, 3.8) is 0 Å². The first-order chi connectivity index (χ1) is 8.29. The third kappa shape index (κ3) is 3.14. The zero-order chi connectivity index (χ0) is 12.1. The number of nitrogens with one attached hydrogen (secondary N) is 2. The van der Waals surface area contributed by atoms with E-state index in [1.165, 1.54) is 11.1 Å². The minimum atomic E-state index is 0.198. The molecule has 2 N–H and O–H groups in total. The molecule has 0 bridgehead atoms. The van der Waals surface area contributed by atoms with Crippen LogP contribution in [0.5, 0.6) is 0 Å². The predicted molar refractivity (Wildman–Crippen MR) is 67.7 cm³/mol. The number of aromatic amines is 1. The zero-order valence-corrected chi connectivity index (χ0v) is 10.3. The Labute approximate surface area is 101 Å². The first-order valence-corrected chi connectivity index (χ1v) is 5.93. The van der Waals surface area contributed by atoms with Gasteiger partial charge in [-0.05, 0) is 25.5 Å². The van der Waals surface area contributed by atoms with Crippen molar-refractivity contribution < 1.29 is 0 Å². The van der Waals surface area contributed by atoms with Gasteiger partial charge in [-0.3, -0.25) is 5.10 Å². The molecule has 17 heavy (non-hydrogen) atoms. The lowest BCUT2D eigenvalue weighted by Gasteiger charge is -2.15. The molecule has 0 fully saturated rings. The van der Waals surface area contributed by atoms with E-state index in [0.29, 0.717) is 0 Å². The maximum Gasteiger partial charge on any atom is 0.141 e. The van der Waals surface area contributed by atoms with Crippen molar-refractivity contribution >= 4 is 0 Å². The van der Waals surface area contributed by atoms with E-state index < -0.39 is 0 Å². The van der Waals surface area contributed by atoms with E-state index in [0.717, 1.165) is 18.8 Å². The van der Waals surface area contributed by atoms with Crippen LogP contribution < -0.4 is 5.32 Å². The van der Waals surface area contributed by atoms with Crippen molar-refractivity contribution in [2.75, 3.05) is 6.54 Å². The van der Waals surface area contributed by atoms with Crippen molar-refractivity contribution in [1.82, 2.24) is 20.5 Å². The quantitative estimate of drug-likeness (QED) is 0.826. The predicted octanol–water partition coefficient (Wildman–Crippen LogP) is 2.01. The van der Waals surface area contributed by atoms with Crippen molar-refractivity contribution in [1.29, 1.82) is 0 Å². The summed E-state index contributed by atoms with van der Waals surface area (Å²) < 4.78 is 0. The van der Waals surface area contributed by atoms with Crippen LogP contribution in [0.3, 0.4) is 0 Å². The molecule has 2 aromatic rings. The molecule has 0 saturated heterocycles. The number of hydrogen-bond donors (Lipinski definition) is 2. The minimum Gasteiger partial charge on any atom is -0.307 e. The van der Waals surface area contributed by atoms with Gasteiger partial charge in [-0.2, -0.15) is 5.10 Å². The van der Waals surface area contributed by atoms with E-state index in [1.807, 2.05) is 0 Å². The standard InChI is InChI=1S/C13H18N4/c1-3-14-12(13-15-9-16-17-13)8-11-6-4-5-10(2)7-11/h4-7,9,12,14H,3,8H2,1-2H3,(H,15,16,17). The molecule has 1 atom stereocenters. The Bertz CT molecular complexity index is 450. The second kappa shape index (κ2) is 5.59. The minimum absolute atomic E-state index is 0.198. The summed E-state index contributed by atoms with van der Waals surface area (Å²) >= 11 is 0. The van der Waals surface area contributed by atoms with Gasteiger partial charge in [-0.1, -0.05) is 36.8 Å². The number of nitrogens with zero attached hydrogens (tertiary/aromatic N) is 2. The summed E-state index contributed by atoms with van der Waals surface area (Å²) in [5, 5.41) is 10.3. The Morgan fingerprint density at radius 2 is 2.29 bits per heavy atom. The van der Waals surface area contributed by atoms with E-state index >= 15 is 0 Å². The smallest absolute Gasteiger partial charge is 0.141 e. The molecule has 0 saturated carbocycles. The van der Waals surface area contributed by atoms with Gasteiger partial charge in [-0.25, -0.2) is 4.98 Å². The largest absolute Gasteiger partial charge is 0.307 e. The lowest BCUT2D eigenvalue weighted by atomic mass is 10.0. The first kappa shape index (κ1) is 11.8. The fourth-order valence-electron chi connectivity index (χ4n) is 1.97. The SMILES string of the molecule is CCNC(Cc1cccc(C)c1)c1ncn[nH]1. The van der Waals surface area contributed by atoms with E-state index in [2.05, 4.69) is 58.6 Å². The van der Waals surface area contributed by atoms with Gasteiger partial charge in [0.15, 0.2) is 0 Å². The molecule has 1 aromatic carbocycles. The molecule has 0 amide bonds. The number of aryl methyl sites for hydroxylation is 1. The zero-order valence-electron chi connectivity index (χ0n) is 10.3. The van der Waals surface area contributed by atoms with Gasteiger partial charge in [-0.15, -0.1) is 0 Å². The number of hydrogen-bond acceptors (Lipinski definition) is 3. The van der Waals surface area contributed by atoms with Crippen molar-refractivity contribution in [2.45, 2.75) is 26.3 Å². The monoisotopic (exact) mass is 230 g/mol. The van der Waals surface area contributed by atoms with Crippen molar-refractivity contribution in [2.24, 2.45) is 0 Å². The first-order valence-electron chi connectivity index (χ1n) is 5.93. The molecular formula is C13H18N4. The summed E-state index contributed by atoms with van der Waals surface area (Å²) in [6, 6.07) is 8.76. The lowest BCUT2D eigenvalue weighted by Crippen LogP contribution is -2.24. The van der Waals surface area contributed by atoms with Crippen LogP contribution in [0.4, 0.5) is 0 Å². The van der Waals surface area contributed by atoms with E-state index in [9.17, 15) is 0 Å². The van der Waals surface area contributed by atoms with E-state index in [-0.39, 0.29) is 6.04 Å². The highest BCUT2D eigenvalue weighted by atomic mass is 15.2. The molecule has 1 unspecified atom stereocenters. The second-order valence-corrected chi connectivity index (χ2v) is 4.17. The van der Waals surface area contributed by atoms with Crippen LogP contribution >= 0.6 is 0 Å². The number of rotatable bonds is 5. The molecule has 1 aromatic heterocycles. The maximum atomic E-state index is 4.22. The molecule has 4 nitrogen and oxygen atoms in total. The Kier molecular flexibility index (Phi) is 3.88. The Hall–Kier alpha value is -1.68. The highest BCUT2D eigenvalue weighted by molar-refractivity contribution is 5.23. The van der Waals surface area contributed by atoms with Gasteiger partial charge >= 0.3 is 0 Å². The average Bonchev–Trinajstić information content (AvgIpc) is 2.82. The van der Waals surface area contributed by atoms with Crippen LogP contribution in [0.15, 0.2) is 30.6 Å². The molecule has 0 aliphatic heterocycles. The van der Waals surface area contributed by atoms with Gasteiger partial charge in [0.1, 0.15) is 12.2 Å². The molecule has 0 spiro atoms. The fourth-order valence-corrected chi connectivity index (χ4v) is 1.97. The van der Waals surface area contributed by atoms with Gasteiger partial charge in [0.2, 0.25) is 0 Å². The summed E-state index contributed by atoms with van der Waals surface area (Å²) in [5.41, 5.74) is 2.60. The molecule has 0 radical (unpaired) electrons. The number of benzene rings is 1. The third-order valence-electron chi connectivity index (χ3n) is 2.74.